The first-order valence-electron chi connectivity index (χ1n) is 7.96. The maximum Gasteiger partial charge on any atom is 0.0945 e. The molecule has 2 rings (SSSR count). The molecule has 0 bridgehead atoms. The molecule has 2 unspecified atom stereocenters. The second kappa shape index (κ2) is 7.23. The van der Waals surface area contributed by atoms with E-state index in [0.717, 1.165) is 32.0 Å². The molecule has 4 nitrogen and oxygen atoms in total. The second-order valence-electron chi connectivity index (χ2n) is 6.65. The highest BCUT2D eigenvalue weighted by Gasteiger charge is 2.36. The highest BCUT2D eigenvalue weighted by Crippen LogP contribution is 2.35. The van der Waals surface area contributed by atoms with E-state index < -0.39 is 0 Å². The minimum Gasteiger partial charge on any atom is -0.337 e. The Hall–Kier alpha value is -0.870. The van der Waals surface area contributed by atoms with Gasteiger partial charge in [-0.25, -0.2) is 4.98 Å². The van der Waals surface area contributed by atoms with Gasteiger partial charge in [0.15, 0.2) is 0 Å². The third-order valence-corrected chi connectivity index (χ3v) is 4.80. The van der Waals surface area contributed by atoms with Crippen LogP contribution in [0.15, 0.2) is 18.7 Å². The Morgan fingerprint density at radius 1 is 1.45 bits per heavy atom. The summed E-state index contributed by atoms with van der Waals surface area (Å²) in [6.45, 7) is 5.66. The van der Waals surface area contributed by atoms with Crippen molar-refractivity contribution in [3.63, 3.8) is 0 Å². The van der Waals surface area contributed by atoms with Gasteiger partial charge in [-0.2, -0.15) is 0 Å². The molecular formula is C16H30N4. The minimum atomic E-state index is 0.368. The molecule has 1 aliphatic rings. The first-order chi connectivity index (χ1) is 9.62. The zero-order chi connectivity index (χ0) is 14.4. The fourth-order valence-corrected chi connectivity index (χ4v) is 3.48. The zero-order valence-electron chi connectivity index (χ0n) is 13.3. The van der Waals surface area contributed by atoms with Crippen LogP contribution in [-0.2, 0) is 6.54 Å². The summed E-state index contributed by atoms with van der Waals surface area (Å²) < 4.78 is 2.14. The van der Waals surface area contributed by atoms with E-state index in [4.69, 9.17) is 0 Å². The standard InChI is InChI=1S/C16H30N4/c1-15-6-4-7-16(12-15,19(2)3)13-17-8-5-10-20-11-9-18-14-20/h9,11,14-15,17H,4-8,10,12-13H2,1-3H3. The summed E-state index contributed by atoms with van der Waals surface area (Å²) in [4.78, 5) is 6.52. The van der Waals surface area contributed by atoms with Gasteiger partial charge >= 0.3 is 0 Å². The van der Waals surface area contributed by atoms with E-state index in [0.29, 0.717) is 5.54 Å². The van der Waals surface area contributed by atoms with Crippen LogP contribution in [0.4, 0.5) is 0 Å². The Bertz CT molecular complexity index is 374. The quantitative estimate of drug-likeness (QED) is 0.777. The molecule has 0 aromatic carbocycles. The smallest absolute Gasteiger partial charge is 0.0945 e. The van der Waals surface area contributed by atoms with Crippen LogP contribution in [0.1, 0.15) is 39.0 Å². The number of aromatic nitrogens is 2. The van der Waals surface area contributed by atoms with Crippen molar-refractivity contribution in [2.24, 2.45) is 5.92 Å². The summed E-state index contributed by atoms with van der Waals surface area (Å²) in [5, 5.41) is 3.68. The fraction of sp³-hybridized carbons (Fsp3) is 0.812. The number of rotatable bonds is 7. The van der Waals surface area contributed by atoms with Gasteiger partial charge in [0, 0.05) is 31.0 Å². The van der Waals surface area contributed by atoms with E-state index in [9.17, 15) is 0 Å². The summed E-state index contributed by atoms with van der Waals surface area (Å²) in [6.07, 6.45) is 12.4. The molecule has 0 spiro atoms. The Balaban J connectivity index is 1.72. The van der Waals surface area contributed by atoms with E-state index in [2.05, 4.69) is 40.8 Å². The van der Waals surface area contributed by atoms with Crippen molar-refractivity contribution in [1.82, 2.24) is 19.8 Å². The van der Waals surface area contributed by atoms with Crippen LogP contribution in [0.5, 0.6) is 0 Å². The van der Waals surface area contributed by atoms with E-state index >= 15 is 0 Å². The van der Waals surface area contributed by atoms with Gasteiger partial charge in [-0.3, -0.25) is 0 Å². The van der Waals surface area contributed by atoms with Crippen LogP contribution >= 0.6 is 0 Å². The van der Waals surface area contributed by atoms with Crippen molar-refractivity contribution >= 4 is 0 Å². The predicted molar refractivity (Wildman–Crippen MR) is 83.8 cm³/mol. The largest absolute Gasteiger partial charge is 0.337 e. The lowest BCUT2D eigenvalue weighted by Gasteiger charge is -2.45. The zero-order valence-corrected chi connectivity index (χ0v) is 13.3. The minimum absolute atomic E-state index is 0.368. The molecule has 1 N–H and O–H groups in total. The Morgan fingerprint density at radius 3 is 2.95 bits per heavy atom. The topological polar surface area (TPSA) is 33.1 Å². The van der Waals surface area contributed by atoms with Crippen molar-refractivity contribution in [1.29, 1.82) is 0 Å². The van der Waals surface area contributed by atoms with Crippen molar-refractivity contribution in [2.45, 2.75) is 51.1 Å². The summed E-state index contributed by atoms with van der Waals surface area (Å²) in [5.41, 5.74) is 0.368. The average Bonchev–Trinajstić information content (AvgIpc) is 2.91. The van der Waals surface area contributed by atoms with Crippen LogP contribution in [0.25, 0.3) is 0 Å². The number of aryl methyl sites for hydroxylation is 1. The number of hydrogen-bond donors (Lipinski definition) is 1. The lowest BCUT2D eigenvalue weighted by Crippen LogP contribution is -2.54. The summed E-state index contributed by atoms with van der Waals surface area (Å²) in [5.74, 6) is 0.860. The number of likely N-dealkylation sites (N-methyl/N-ethyl adjacent to an activating group) is 1. The SMILES string of the molecule is CC1CCCC(CNCCCn2ccnc2)(N(C)C)C1. The van der Waals surface area contributed by atoms with Gasteiger partial charge in [-0.1, -0.05) is 19.8 Å². The Kier molecular flexibility index (Phi) is 5.61. The molecule has 1 aromatic heterocycles. The molecule has 1 saturated carbocycles. The molecule has 114 valence electrons. The summed E-state index contributed by atoms with van der Waals surface area (Å²) in [7, 11) is 4.48. The summed E-state index contributed by atoms with van der Waals surface area (Å²) in [6, 6.07) is 0. The van der Waals surface area contributed by atoms with Crippen molar-refractivity contribution in [3.05, 3.63) is 18.7 Å². The van der Waals surface area contributed by atoms with Crippen LogP contribution in [-0.4, -0.2) is 47.2 Å². The Labute approximate surface area is 123 Å². The van der Waals surface area contributed by atoms with Gasteiger partial charge < -0.3 is 14.8 Å². The molecule has 2 atom stereocenters. The highest BCUT2D eigenvalue weighted by molar-refractivity contribution is 4.94. The van der Waals surface area contributed by atoms with Gasteiger partial charge in [-0.05, 0) is 45.8 Å². The van der Waals surface area contributed by atoms with Gasteiger partial charge in [0.2, 0.25) is 0 Å². The molecule has 1 fully saturated rings. The number of nitrogens with one attached hydrogen (secondary N) is 1. The van der Waals surface area contributed by atoms with Crippen LogP contribution in [0, 0.1) is 5.92 Å². The first kappa shape index (κ1) is 15.5. The maximum absolute atomic E-state index is 4.07. The fourth-order valence-electron chi connectivity index (χ4n) is 3.48. The third kappa shape index (κ3) is 4.06. The maximum atomic E-state index is 4.07. The number of imidazole rings is 1. The predicted octanol–water partition coefficient (Wildman–Crippen LogP) is 2.37. The van der Waals surface area contributed by atoms with Crippen LogP contribution < -0.4 is 5.32 Å². The van der Waals surface area contributed by atoms with Crippen LogP contribution in [0.3, 0.4) is 0 Å². The molecular weight excluding hydrogens is 248 g/mol. The third-order valence-electron chi connectivity index (χ3n) is 4.80. The molecule has 4 heteroatoms. The van der Waals surface area contributed by atoms with Gasteiger partial charge in [0.25, 0.3) is 0 Å². The monoisotopic (exact) mass is 278 g/mol. The average molecular weight is 278 g/mol. The molecule has 0 radical (unpaired) electrons. The molecule has 1 aromatic rings. The van der Waals surface area contributed by atoms with E-state index in [-0.39, 0.29) is 0 Å². The van der Waals surface area contributed by atoms with Crippen molar-refractivity contribution < 1.29 is 0 Å². The van der Waals surface area contributed by atoms with Crippen LogP contribution in [0.2, 0.25) is 0 Å². The second-order valence-corrected chi connectivity index (χ2v) is 6.65. The molecule has 1 heterocycles. The highest BCUT2D eigenvalue weighted by atomic mass is 15.2. The lowest BCUT2D eigenvalue weighted by atomic mass is 9.75. The van der Waals surface area contributed by atoms with E-state index in [1.807, 2.05) is 18.7 Å². The molecule has 0 aliphatic heterocycles. The number of hydrogen-bond acceptors (Lipinski definition) is 3. The van der Waals surface area contributed by atoms with E-state index in [1.54, 1.807) is 0 Å². The van der Waals surface area contributed by atoms with Gasteiger partial charge in [-0.15, -0.1) is 0 Å². The van der Waals surface area contributed by atoms with Crippen molar-refractivity contribution in [3.8, 4) is 0 Å². The first-order valence-corrected chi connectivity index (χ1v) is 7.96. The molecule has 0 amide bonds. The van der Waals surface area contributed by atoms with Gasteiger partial charge in [0.05, 0.1) is 6.33 Å². The van der Waals surface area contributed by atoms with Crippen molar-refractivity contribution in [2.75, 3.05) is 27.2 Å². The normalized spacial score (nSPS) is 27.1. The Morgan fingerprint density at radius 2 is 2.30 bits per heavy atom. The molecule has 1 aliphatic carbocycles. The van der Waals surface area contributed by atoms with Gasteiger partial charge in [0.1, 0.15) is 0 Å². The number of nitrogens with zero attached hydrogens (tertiary/aromatic N) is 3. The summed E-state index contributed by atoms with van der Waals surface area (Å²) >= 11 is 0. The lowest BCUT2D eigenvalue weighted by molar-refractivity contribution is 0.0753. The molecule has 0 saturated heterocycles. The van der Waals surface area contributed by atoms with E-state index in [1.165, 1.54) is 25.7 Å². The molecule has 20 heavy (non-hydrogen) atoms.